The largest absolute Gasteiger partial charge is 0.457 e. The molecule has 0 saturated carbocycles. The van der Waals surface area contributed by atoms with Crippen molar-refractivity contribution in [2.24, 2.45) is 11.1 Å². The number of nitrogens with one attached hydrogen (secondary N) is 1. The van der Waals surface area contributed by atoms with Gasteiger partial charge in [-0.1, -0.05) is 39.3 Å². The van der Waals surface area contributed by atoms with E-state index in [0.717, 1.165) is 38.0 Å². The molecule has 2 aromatic carbocycles. The lowest BCUT2D eigenvalue weighted by Gasteiger charge is -2.52. The summed E-state index contributed by atoms with van der Waals surface area (Å²) in [5.41, 5.74) is 0.360. The molecule has 1 spiro atoms. The summed E-state index contributed by atoms with van der Waals surface area (Å²) in [6.45, 7) is 9.08. The van der Waals surface area contributed by atoms with Crippen molar-refractivity contribution in [3.63, 3.8) is 0 Å². The Kier molecular flexibility index (Phi) is 10.6. The van der Waals surface area contributed by atoms with E-state index >= 15 is 0 Å². The second-order valence-electron chi connectivity index (χ2n) is 11.1. The van der Waals surface area contributed by atoms with E-state index < -0.39 is 21.6 Å². The van der Waals surface area contributed by atoms with Crippen LogP contribution in [-0.4, -0.2) is 61.2 Å². The molecule has 0 radical (unpaired) electrons. The summed E-state index contributed by atoms with van der Waals surface area (Å²) in [6, 6.07) is 13.3. The van der Waals surface area contributed by atoms with Crippen LogP contribution >= 0.6 is 12.4 Å². The third-order valence-electron chi connectivity index (χ3n) is 7.65. The number of primary sulfonamides is 1. The summed E-state index contributed by atoms with van der Waals surface area (Å²) in [5.74, 6) is 1.55. The van der Waals surface area contributed by atoms with Gasteiger partial charge in [-0.3, -0.25) is 14.5 Å². The fourth-order valence-electron chi connectivity index (χ4n) is 5.48. The predicted molar refractivity (Wildman–Crippen MR) is 157 cm³/mol. The maximum atomic E-state index is 13.4. The highest BCUT2D eigenvalue weighted by molar-refractivity contribution is 7.89. The number of hydrogen-bond acceptors (Lipinski definition) is 6. The van der Waals surface area contributed by atoms with Gasteiger partial charge in [0.05, 0.1) is 4.90 Å². The highest BCUT2D eigenvalue weighted by atomic mass is 35.5. The van der Waals surface area contributed by atoms with Crippen LogP contribution in [0.3, 0.4) is 0 Å². The van der Waals surface area contributed by atoms with Crippen molar-refractivity contribution in [1.82, 2.24) is 15.1 Å². The number of sulfonamides is 1. The summed E-state index contributed by atoms with van der Waals surface area (Å²) in [7, 11) is -3.74. The molecule has 0 bridgehead atoms. The number of nitrogens with two attached hydrogens (primary N) is 1. The zero-order chi connectivity index (χ0) is 28.2. The van der Waals surface area contributed by atoms with E-state index in [0.29, 0.717) is 43.2 Å². The summed E-state index contributed by atoms with van der Waals surface area (Å²) in [5, 5.41) is 8.21. The normalized spacial score (nSPS) is 19.4. The molecule has 9 nitrogen and oxygen atoms in total. The fraction of sp³-hybridized carbons (Fsp3) is 0.517. The standard InChI is InChI=1S/C29H40N4O5S.ClH/c1-4-5-16-33-27(34)26(19-21(2)3)31-28(35)29(33)14-17-32(18-15-29)20-22-6-8-23(9-7-22)38-24-10-12-25(13-11-24)39(30,36)37;/h6-13,21,26H,4-5,14-20H2,1-3H3,(H,31,35)(H2,30,36,37);1H/t26-;/m0./s1. The van der Waals surface area contributed by atoms with Crippen LogP contribution in [0.15, 0.2) is 53.4 Å². The minimum absolute atomic E-state index is 0. The number of amides is 2. The topological polar surface area (TPSA) is 122 Å². The molecule has 220 valence electrons. The number of piperazine rings is 1. The van der Waals surface area contributed by atoms with Gasteiger partial charge in [0.2, 0.25) is 21.8 Å². The molecule has 2 fully saturated rings. The number of carbonyl (C=O) groups is 2. The van der Waals surface area contributed by atoms with Crippen LogP contribution in [0.1, 0.15) is 58.4 Å². The number of piperidine rings is 1. The zero-order valence-electron chi connectivity index (χ0n) is 23.5. The van der Waals surface area contributed by atoms with E-state index in [1.165, 1.54) is 12.1 Å². The Balaban J connectivity index is 0.00000441. The number of carbonyl (C=O) groups excluding carboxylic acids is 2. The molecule has 4 rings (SSSR count). The van der Waals surface area contributed by atoms with Gasteiger partial charge in [0, 0.05) is 26.2 Å². The number of ether oxygens (including phenoxy) is 1. The second kappa shape index (κ2) is 13.3. The average molecular weight is 593 g/mol. The third kappa shape index (κ3) is 7.34. The van der Waals surface area contributed by atoms with E-state index in [1.807, 2.05) is 29.2 Å². The summed E-state index contributed by atoms with van der Waals surface area (Å²) < 4.78 is 28.7. The van der Waals surface area contributed by atoms with Gasteiger partial charge in [0.1, 0.15) is 23.1 Å². The van der Waals surface area contributed by atoms with Gasteiger partial charge >= 0.3 is 0 Å². The molecule has 3 N–H and O–H groups in total. The van der Waals surface area contributed by atoms with Crippen LogP contribution in [0, 0.1) is 5.92 Å². The van der Waals surface area contributed by atoms with E-state index in [9.17, 15) is 18.0 Å². The van der Waals surface area contributed by atoms with E-state index in [1.54, 1.807) is 12.1 Å². The Morgan fingerprint density at radius 2 is 1.60 bits per heavy atom. The van der Waals surface area contributed by atoms with Crippen LogP contribution in [0.2, 0.25) is 0 Å². The van der Waals surface area contributed by atoms with E-state index in [-0.39, 0.29) is 29.1 Å². The van der Waals surface area contributed by atoms with Gasteiger partial charge in [0.25, 0.3) is 0 Å². The smallest absolute Gasteiger partial charge is 0.246 e. The lowest BCUT2D eigenvalue weighted by Crippen LogP contribution is -2.73. The highest BCUT2D eigenvalue weighted by Gasteiger charge is 2.53. The second-order valence-corrected chi connectivity index (χ2v) is 12.6. The number of halogens is 1. The maximum Gasteiger partial charge on any atom is 0.246 e. The number of likely N-dealkylation sites (tertiary alicyclic amines) is 1. The number of hydrogen-bond donors (Lipinski definition) is 2. The molecule has 0 unspecified atom stereocenters. The van der Waals surface area contributed by atoms with Crippen molar-refractivity contribution < 1.29 is 22.7 Å². The summed E-state index contributed by atoms with van der Waals surface area (Å²) in [6.07, 6.45) is 3.78. The molecule has 2 heterocycles. The Labute approximate surface area is 243 Å². The average Bonchev–Trinajstić information content (AvgIpc) is 2.89. The molecule has 0 aliphatic carbocycles. The predicted octanol–water partition coefficient (Wildman–Crippen LogP) is 4.06. The summed E-state index contributed by atoms with van der Waals surface area (Å²) >= 11 is 0. The first kappa shape index (κ1) is 31.9. The van der Waals surface area contributed by atoms with Gasteiger partial charge in [-0.2, -0.15) is 0 Å². The first-order chi connectivity index (χ1) is 18.5. The highest BCUT2D eigenvalue weighted by Crippen LogP contribution is 2.35. The lowest BCUT2D eigenvalue weighted by atomic mass is 9.80. The van der Waals surface area contributed by atoms with Crippen molar-refractivity contribution in [2.45, 2.75) is 75.9 Å². The zero-order valence-corrected chi connectivity index (χ0v) is 25.1. The minimum atomic E-state index is -3.74. The van der Waals surface area contributed by atoms with Crippen LogP contribution in [-0.2, 0) is 26.2 Å². The van der Waals surface area contributed by atoms with Gasteiger partial charge in [-0.25, -0.2) is 13.6 Å². The molecular formula is C29H41ClN4O5S. The molecule has 0 aromatic heterocycles. The van der Waals surface area contributed by atoms with Crippen molar-refractivity contribution in [3.8, 4) is 11.5 Å². The van der Waals surface area contributed by atoms with Crippen LogP contribution < -0.4 is 15.2 Å². The number of unbranched alkanes of at least 4 members (excludes halogenated alkanes) is 1. The van der Waals surface area contributed by atoms with Crippen molar-refractivity contribution in [1.29, 1.82) is 0 Å². The molecule has 1 atom stereocenters. The van der Waals surface area contributed by atoms with E-state index in [4.69, 9.17) is 9.88 Å². The van der Waals surface area contributed by atoms with Gasteiger partial charge in [-0.15, -0.1) is 12.4 Å². The van der Waals surface area contributed by atoms with Crippen molar-refractivity contribution in [2.75, 3.05) is 19.6 Å². The number of rotatable bonds is 10. The Morgan fingerprint density at radius 1 is 1.02 bits per heavy atom. The molecular weight excluding hydrogens is 552 g/mol. The Morgan fingerprint density at radius 3 is 2.12 bits per heavy atom. The minimum Gasteiger partial charge on any atom is -0.457 e. The van der Waals surface area contributed by atoms with Gasteiger partial charge in [0.15, 0.2) is 0 Å². The molecule has 2 aliphatic rings. The summed E-state index contributed by atoms with van der Waals surface area (Å²) in [4.78, 5) is 31.1. The first-order valence-electron chi connectivity index (χ1n) is 13.8. The molecule has 2 aromatic rings. The van der Waals surface area contributed by atoms with Crippen molar-refractivity contribution >= 4 is 34.2 Å². The SMILES string of the molecule is CCCCN1C(=O)[C@H](CC(C)C)NC(=O)C12CCN(Cc1ccc(Oc3ccc(S(N)(=O)=O)cc3)cc1)CC2.Cl. The third-order valence-corrected chi connectivity index (χ3v) is 8.58. The Bertz CT molecular complexity index is 1260. The first-order valence-corrected chi connectivity index (χ1v) is 15.3. The van der Waals surface area contributed by atoms with Crippen LogP contribution in [0.25, 0.3) is 0 Å². The van der Waals surface area contributed by atoms with E-state index in [2.05, 4.69) is 31.0 Å². The lowest BCUT2D eigenvalue weighted by molar-refractivity contribution is -0.161. The van der Waals surface area contributed by atoms with Crippen molar-refractivity contribution in [3.05, 3.63) is 54.1 Å². The maximum absolute atomic E-state index is 13.4. The molecule has 2 saturated heterocycles. The van der Waals surface area contributed by atoms with Crippen LogP contribution in [0.5, 0.6) is 11.5 Å². The molecule has 11 heteroatoms. The molecule has 2 aliphatic heterocycles. The number of nitrogens with zero attached hydrogens (tertiary/aromatic N) is 2. The van der Waals surface area contributed by atoms with Gasteiger partial charge < -0.3 is 15.0 Å². The van der Waals surface area contributed by atoms with Crippen LogP contribution in [0.4, 0.5) is 0 Å². The fourth-order valence-corrected chi connectivity index (χ4v) is 6.00. The quantitative estimate of drug-likeness (QED) is 0.429. The molecule has 40 heavy (non-hydrogen) atoms. The van der Waals surface area contributed by atoms with Gasteiger partial charge in [-0.05, 0) is 73.6 Å². The Hall–Kier alpha value is -2.66. The molecule has 2 amide bonds. The number of benzene rings is 2. The monoisotopic (exact) mass is 592 g/mol.